The lowest BCUT2D eigenvalue weighted by molar-refractivity contribution is -0.144. The Hall–Kier alpha value is -5.41. The number of nitrogens with zero attached hydrogens (tertiary/aromatic N) is 2. The van der Waals surface area contributed by atoms with E-state index in [4.69, 9.17) is 42.1 Å². The van der Waals surface area contributed by atoms with Crippen molar-refractivity contribution in [1.29, 1.82) is 0 Å². The lowest BCUT2D eigenvalue weighted by Crippen LogP contribution is -2.57. The minimum atomic E-state index is -4.61. The summed E-state index contributed by atoms with van der Waals surface area (Å²) < 4.78 is 65.7. The van der Waals surface area contributed by atoms with Crippen LogP contribution < -0.4 is 25.4 Å². The van der Waals surface area contributed by atoms with Gasteiger partial charge in [0.05, 0.1) is 72.0 Å². The zero-order chi connectivity index (χ0) is 51.8. The Balaban J connectivity index is 0.816. The fourth-order valence-electron chi connectivity index (χ4n) is 7.43. The maximum absolute atomic E-state index is 13.9. The van der Waals surface area contributed by atoms with Crippen molar-refractivity contribution in [3.05, 3.63) is 123 Å². The van der Waals surface area contributed by atoms with Gasteiger partial charge >= 0.3 is 6.18 Å². The first kappa shape index (κ1) is 55.9. The minimum absolute atomic E-state index is 0.0353. The number of carbonyl (C=O) groups excluding carboxylic acids is 4. The molecule has 72 heavy (non-hydrogen) atoms. The Bertz CT molecular complexity index is 2620. The molecular formula is C51H57Cl2F3N6O8S2. The summed E-state index contributed by atoms with van der Waals surface area (Å²) in [5, 5.41) is 8.65. The molecule has 6 rings (SSSR count). The minimum Gasteiger partial charge on any atom is -0.455 e. The Morgan fingerprint density at radius 1 is 0.861 bits per heavy atom. The molecule has 4 amide bonds. The molecule has 1 aliphatic rings. The van der Waals surface area contributed by atoms with Gasteiger partial charge in [-0.1, -0.05) is 68.2 Å². The van der Waals surface area contributed by atoms with E-state index in [1.807, 2.05) is 57.5 Å². The summed E-state index contributed by atoms with van der Waals surface area (Å²) in [6, 6.07) is 21.3. The molecule has 0 saturated carbocycles. The molecule has 0 radical (unpaired) electrons. The average molecular weight is 1070 g/mol. The first-order valence-electron chi connectivity index (χ1n) is 23.1. The molecule has 5 aromatic rings. The normalized spacial score (nSPS) is 14.2. The van der Waals surface area contributed by atoms with Crippen LogP contribution in [-0.4, -0.2) is 98.3 Å². The molecule has 0 aliphatic carbocycles. The second-order valence-electron chi connectivity index (χ2n) is 17.7. The van der Waals surface area contributed by atoms with Gasteiger partial charge < -0.3 is 44.5 Å². The molecule has 21 heteroatoms. The van der Waals surface area contributed by atoms with E-state index in [0.29, 0.717) is 53.7 Å². The van der Waals surface area contributed by atoms with Crippen molar-refractivity contribution < 1.29 is 51.3 Å². The van der Waals surface area contributed by atoms with Crippen molar-refractivity contribution in [3.63, 3.8) is 0 Å². The van der Waals surface area contributed by atoms with Gasteiger partial charge in [-0.3, -0.25) is 19.2 Å². The smallest absolute Gasteiger partial charge is 0.417 e. The maximum atomic E-state index is 13.9. The summed E-state index contributed by atoms with van der Waals surface area (Å²) in [6.07, 6.45) is -3.35. The zero-order valence-corrected chi connectivity index (χ0v) is 43.3. The van der Waals surface area contributed by atoms with Crippen LogP contribution in [0.2, 0.25) is 10.0 Å². The van der Waals surface area contributed by atoms with Crippen molar-refractivity contribution in [2.45, 2.75) is 76.7 Å². The van der Waals surface area contributed by atoms with Crippen LogP contribution in [0.3, 0.4) is 0 Å². The number of aromatic nitrogens is 1. The van der Waals surface area contributed by atoms with Crippen molar-refractivity contribution in [2.75, 3.05) is 57.5 Å². The van der Waals surface area contributed by atoms with Gasteiger partial charge in [0, 0.05) is 41.5 Å². The third-order valence-electron chi connectivity index (χ3n) is 11.2. The number of hydrogen-bond donors (Lipinski definition) is 4. The van der Waals surface area contributed by atoms with E-state index < -0.39 is 34.3 Å². The molecule has 2 atom stereocenters. The summed E-state index contributed by atoms with van der Waals surface area (Å²) in [4.78, 5) is 60.3. The number of amides is 4. The molecule has 1 fully saturated rings. The van der Waals surface area contributed by atoms with E-state index in [-0.39, 0.29) is 81.1 Å². The van der Waals surface area contributed by atoms with Crippen LogP contribution in [-0.2, 0) is 41.3 Å². The number of likely N-dealkylation sites (tertiary alicyclic amines) is 1. The highest BCUT2D eigenvalue weighted by Gasteiger charge is 2.42. The van der Waals surface area contributed by atoms with E-state index in [2.05, 4.69) is 25.7 Å². The van der Waals surface area contributed by atoms with Crippen molar-refractivity contribution in [1.82, 2.24) is 25.8 Å². The predicted molar refractivity (Wildman–Crippen MR) is 274 cm³/mol. The predicted octanol–water partition coefficient (Wildman–Crippen LogP) is 10.4. The number of benzene rings is 4. The SMILES string of the molecule is Cc1ncsc1-c1ccc(CNC(=O)[C@@H]2CCCN2C(=O)C(NC(=O)CCOCCOCCOCCNC(=O)c2ccc(Oc3ccc(Cl)cc3NSc3ccc(Cl)c(C(F)(F)F)c3)cc2)C(C)(C)C)cc1. The topological polar surface area (TPSA) is 169 Å². The fraction of sp³-hybridized carbons (Fsp3) is 0.392. The molecule has 2 heterocycles. The van der Waals surface area contributed by atoms with Crippen LogP contribution in [0.1, 0.15) is 67.2 Å². The third kappa shape index (κ3) is 16.6. The largest absolute Gasteiger partial charge is 0.455 e. The van der Waals surface area contributed by atoms with Gasteiger partial charge in [-0.25, -0.2) is 4.98 Å². The Morgan fingerprint density at radius 3 is 2.22 bits per heavy atom. The number of ether oxygens (including phenoxy) is 4. The molecule has 4 aromatic carbocycles. The van der Waals surface area contributed by atoms with Crippen LogP contribution in [0.4, 0.5) is 18.9 Å². The number of rotatable bonds is 24. The van der Waals surface area contributed by atoms with Crippen LogP contribution in [0.5, 0.6) is 11.5 Å². The molecule has 1 unspecified atom stereocenters. The summed E-state index contributed by atoms with van der Waals surface area (Å²) in [5.74, 6) is -0.428. The monoisotopic (exact) mass is 1070 g/mol. The van der Waals surface area contributed by atoms with E-state index in [1.54, 1.807) is 58.7 Å². The molecule has 0 spiro atoms. The van der Waals surface area contributed by atoms with Gasteiger partial charge in [-0.2, -0.15) is 13.2 Å². The lowest BCUT2D eigenvalue weighted by atomic mass is 9.85. The number of nitrogens with one attached hydrogen (secondary N) is 4. The highest BCUT2D eigenvalue weighted by Crippen LogP contribution is 2.39. The first-order valence-corrected chi connectivity index (χ1v) is 25.6. The standard InChI is InChI=1S/C51H57Cl2F3N6O8S2/c1-32-45(71-31-59-32)34-9-7-33(8-10-34)30-58-48(65)42-6-5-21-62(42)49(66)46(50(2,3)4)60-44(63)19-22-67-24-26-69-27-25-68-23-20-57-47(64)35-11-14-37(15-12-35)70-43-18-13-36(52)28-41(43)61-72-38-16-17-40(53)39(29-38)51(54,55)56/h7-18,28-29,31,42,46,61H,5-6,19-27,30H2,1-4H3,(H,57,64)(H,58,65)(H,60,63)/t42-,46?/m0/s1. The van der Waals surface area contributed by atoms with Crippen molar-refractivity contribution >= 4 is 75.8 Å². The van der Waals surface area contributed by atoms with E-state index in [1.165, 1.54) is 12.1 Å². The summed E-state index contributed by atoms with van der Waals surface area (Å²) in [6.45, 7) is 10.1. The third-order valence-corrected chi connectivity index (χ3v) is 13.6. The quantitative estimate of drug-likeness (QED) is 0.0343. The Kier molecular flexibility index (Phi) is 20.6. The van der Waals surface area contributed by atoms with Crippen molar-refractivity contribution in [2.24, 2.45) is 5.41 Å². The molecule has 14 nitrogen and oxygen atoms in total. The number of halogens is 5. The molecule has 1 saturated heterocycles. The second-order valence-corrected chi connectivity index (χ2v) is 20.3. The highest BCUT2D eigenvalue weighted by molar-refractivity contribution is 8.00. The van der Waals surface area contributed by atoms with Crippen LogP contribution in [0, 0.1) is 12.3 Å². The Labute approximate surface area is 435 Å². The van der Waals surface area contributed by atoms with E-state index in [0.717, 1.165) is 39.7 Å². The lowest BCUT2D eigenvalue weighted by Gasteiger charge is -2.35. The van der Waals surface area contributed by atoms with Crippen LogP contribution in [0.15, 0.2) is 95.3 Å². The molecular weight excluding hydrogens is 1020 g/mol. The van der Waals surface area contributed by atoms with Crippen LogP contribution >= 0.6 is 46.5 Å². The number of thiazole rings is 1. The van der Waals surface area contributed by atoms with Gasteiger partial charge in [0.15, 0.2) is 5.75 Å². The summed E-state index contributed by atoms with van der Waals surface area (Å²) in [7, 11) is 0. The first-order chi connectivity index (χ1) is 34.4. The van der Waals surface area contributed by atoms with E-state index in [9.17, 15) is 32.3 Å². The van der Waals surface area contributed by atoms with E-state index >= 15 is 0 Å². The van der Waals surface area contributed by atoms with Gasteiger partial charge in [-0.05, 0) is 109 Å². The summed E-state index contributed by atoms with van der Waals surface area (Å²) >= 11 is 14.4. The second kappa shape index (κ2) is 26.5. The van der Waals surface area contributed by atoms with Gasteiger partial charge in [0.25, 0.3) is 5.91 Å². The van der Waals surface area contributed by atoms with Crippen LogP contribution in [0.25, 0.3) is 10.4 Å². The highest BCUT2D eigenvalue weighted by atomic mass is 35.5. The van der Waals surface area contributed by atoms with Gasteiger partial charge in [-0.15, -0.1) is 11.3 Å². The van der Waals surface area contributed by atoms with Gasteiger partial charge in [0.1, 0.15) is 17.8 Å². The number of aryl methyl sites for hydroxylation is 1. The molecule has 0 bridgehead atoms. The molecule has 4 N–H and O–H groups in total. The van der Waals surface area contributed by atoms with Gasteiger partial charge in [0.2, 0.25) is 17.7 Å². The zero-order valence-electron chi connectivity index (χ0n) is 40.2. The number of hydrogen-bond acceptors (Lipinski definition) is 12. The Morgan fingerprint density at radius 2 is 1.56 bits per heavy atom. The number of anilines is 1. The molecule has 386 valence electrons. The van der Waals surface area contributed by atoms with Crippen molar-refractivity contribution in [3.8, 4) is 21.9 Å². The average Bonchev–Trinajstić information content (AvgIpc) is 4.02. The fourth-order valence-corrected chi connectivity index (χ4v) is 9.34. The number of carbonyl (C=O) groups is 4. The number of alkyl halides is 3. The molecule has 1 aromatic heterocycles. The maximum Gasteiger partial charge on any atom is 0.417 e. The summed E-state index contributed by atoms with van der Waals surface area (Å²) in [5.41, 5.74) is 4.03. The molecule has 1 aliphatic heterocycles.